The van der Waals surface area contributed by atoms with E-state index in [-0.39, 0.29) is 53.4 Å². The van der Waals surface area contributed by atoms with Gasteiger partial charge in [0.1, 0.15) is 0 Å². The number of aliphatic hydroxyl groups excluding tert-OH is 1. The van der Waals surface area contributed by atoms with Crippen molar-refractivity contribution in [2.75, 3.05) is 27.7 Å². The summed E-state index contributed by atoms with van der Waals surface area (Å²) in [7, 11) is 5.44. The predicted octanol–water partition coefficient (Wildman–Crippen LogP) is 2.36. The van der Waals surface area contributed by atoms with Gasteiger partial charge in [-0.3, -0.25) is 9.79 Å². The second-order valence-corrected chi connectivity index (χ2v) is 8.28. The molecule has 4 atom stereocenters. The smallest absolute Gasteiger partial charge is 0.225 e. The van der Waals surface area contributed by atoms with E-state index in [1.54, 1.807) is 11.9 Å². The van der Waals surface area contributed by atoms with Crippen molar-refractivity contribution in [2.45, 2.75) is 70.4 Å². The summed E-state index contributed by atoms with van der Waals surface area (Å²) < 4.78 is 0. The summed E-state index contributed by atoms with van der Waals surface area (Å²) in [5, 5.41) is 17.2. The lowest BCUT2D eigenvalue weighted by Gasteiger charge is -2.39. The van der Waals surface area contributed by atoms with Gasteiger partial charge in [-0.15, -0.1) is 24.0 Å². The topological polar surface area (TPSA) is 77.0 Å². The predicted molar refractivity (Wildman–Crippen MR) is 117 cm³/mol. The van der Waals surface area contributed by atoms with Crippen LogP contribution >= 0.6 is 24.0 Å². The van der Waals surface area contributed by atoms with Crippen LogP contribution in [0.2, 0.25) is 0 Å². The molecule has 2 saturated carbocycles. The average molecular weight is 480 g/mol. The summed E-state index contributed by atoms with van der Waals surface area (Å²) in [6.07, 6.45) is 7.95. The van der Waals surface area contributed by atoms with Gasteiger partial charge in [0.25, 0.3) is 0 Å². The number of aliphatic imine (C=N–C) groups is 1. The number of amides is 1. The maximum absolute atomic E-state index is 12.2. The summed E-state index contributed by atoms with van der Waals surface area (Å²) in [5.74, 6) is 1.12. The van der Waals surface area contributed by atoms with E-state index >= 15 is 0 Å². The van der Waals surface area contributed by atoms with E-state index in [1.165, 1.54) is 6.42 Å². The van der Waals surface area contributed by atoms with Gasteiger partial charge < -0.3 is 20.6 Å². The first-order valence-electron chi connectivity index (χ1n) is 9.72. The van der Waals surface area contributed by atoms with Gasteiger partial charge in [0, 0.05) is 45.1 Å². The zero-order valence-corrected chi connectivity index (χ0v) is 19.1. The maximum Gasteiger partial charge on any atom is 0.225 e. The highest BCUT2D eigenvalue weighted by Crippen LogP contribution is 2.35. The molecule has 0 heterocycles. The normalized spacial score (nSPS) is 32.3. The Balaban J connectivity index is 0.00000338. The van der Waals surface area contributed by atoms with Gasteiger partial charge in [0.05, 0.1) is 6.10 Å². The lowest BCUT2D eigenvalue weighted by molar-refractivity contribution is -0.134. The number of guanidine groups is 1. The highest BCUT2D eigenvalue weighted by Gasteiger charge is 2.35. The molecular weight excluding hydrogens is 443 g/mol. The summed E-state index contributed by atoms with van der Waals surface area (Å²) in [6, 6.07) is 0.276. The number of nitrogens with one attached hydrogen (secondary N) is 2. The van der Waals surface area contributed by atoms with Crippen molar-refractivity contribution >= 4 is 35.8 Å². The number of halogens is 1. The standard InChI is InChI=1S/C19H36N4O2.HI/c1-19(11-6-5-10-16(19)24)13-21-18(20-2)22-15-9-7-8-14(12-15)17(25)23(3)4;/h14-16,24H,5-13H2,1-4H3,(H2,20,21,22);1H. The summed E-state index contributed by atoms with van der Waals surface area (Å²) in [5.41, 5.74) is -0.0914. The molecule has 0 aliphatic heterocycles. The third-order valence-corrected chi connectivity index (χ3v) is 5.97. The quantitative estimate of drug-likeness (QED) is 0.328. The molecule has 0 bridgehead atoms. The van der Waals surface area contributed by atoms with E-state index in [0.717, 1.165) is 57.5 Å². The third-order valence-electron chi connectivity index (χ3n) is 5.97. The molecule has 7 heteroatoms. The highest BCUT2D eigenvalue weighted by molar-refractivity contribution is 14.0. The van der Waals surface area contributed by atoms with Crippen molar-refractivity contribution in [3.8, 4) is 0 Å². The van der Waals surface area contributed by atoms with E-state index < -0.39 is 0 Å². The Hall–Kier alpha value is -0.570. The van der Waals surface area contributed by atoms with Crippen molar-refractivity contribution in [3.05, 3.63) is 0 Å². The fourth-order valence-corrected chi connectivity index (χ4v) is 4.17. The minimum Gasteiger partial charge on any atom is -0.392 e. The first kappa shape index (κ1) is 23.5. The number of rotatable bonds is 4. The molecule has 6 nitrogen and oxygen atoms in total. The molecule has 2 rings (SSSR count). The maximum atomic E-state index is 12.2. The Kier molecular flexibility index (Phi) is 9.64. The van der Waals surface area contributed by atoms with Crippen LogP contribution in [0.1, 0.15) is 58.3 Å². The molecule has 3 N–H and O–H groups in total. The van der Waals surface area contributed by atoms with E-state index in [0.29, 0.717) is 0 Å². The number of carbonyl (C=O) groups is 1. The van der Waals surface area contributed by atoms with Gasteiger partial charge in [-0.1, -0.05) is 26.2 Å². The third kappa shape index (κ3) is 6.25. The molecule has 2 fully saturated rings. The van der Waals surface area contributed by atoms with Gasteiger partial charge in [-0.05, 0) is 32.1 Å². The summed E-state index contributed by atoms with van der Waals surface area (Å²) >= 11 is 0. The van der Waals surface area contributed by atoms with Gasteiger partial charge in [0.2, 0.25) is 5.91 Å². The van der Waals surface area contributed by atoms with Crippen LogP contribution in [0.5, 0.6) is 0 Å². The van der Waals surface area contributed by atoms with Crippen molar-refractivity contribution in [2.24, 2.45) is 16.3 Å². The van der Waals surface area contributed by atoms with E-state index in [9.17, 15) is 9.90 Å². The van der Waals surface area contributed by atoms with Crippen LogP contribution in [0.15, 0.2) is 4.99 Å². The molecule has 1 amide bonds. The zero-order valence-electron chi connectivity index (χ0n) is 16.8. The highest BCUT2D eigenvalue weighted by atomic mass is 127. The molecule has 152 valence electrons. The van der Waals surface area contributed by atoms with E-state index in [2.05, 4.69) is 22.5 Å². The Morgan fingerprint density at radius 3 is 2.58 bits per heavy atom. The lowest BCUT2D eigenvalue weighted by Crippen LogP contribution is -2.51. The van der Waals surface area contributed by atoms with Crippen molar-refractivity contribution in [3.63, 3.8) is 0 Å². The second kappa shape index (κ2) is 10.7. The van der Waals surface area contributed by atoms with Gasteiger partial charge >= 0.3 is 0 Å². The molecule has 0 radical (unpaired) electrons. The zero-order chi connectivity index (χ0) is 18.4. The Bertz CT molecular complexity index is 486. The van der Waals surface area contributed by atoms with Crippen LogP contribution in [0, 0.1) is 11.3 Å². The van der Waals surface area contributed by atoms with Crippen LogP contribution in [-0.4, -0.2) is 61.7 Å². The molecule has 0 aromatic carbocycles. The first-order valence-corrected chi connectivity index (χ1v) is 9.72. The van der Waals surface area contributed by atoms with Crippen LogP contribution < -0.4 is 10.6 Å². The van der Waals surface area contributed by atoms with Crippen LogP contribution in [0.3, 0.4) is 0 Å². The van der Waals surface area contributed by atoms with Crippen molar-refractivity contribution < 1.29 is 9.90 Å². The van der Waals surface area contributed by atoms with Crippen molar-refractivity contribution in [1.29, 1.82) is 0 Å². The molecule has 4 unspecified atom stereocenters. The van der Waals surface area contributed by atoms with Gasteiger partial charge in [-0.25, -0.2) is 0 Å². The Labute approximate surface area is 175 Å². The molecule has 0 saturated heterocycles. The van der Waals surface area contributed by atoms with Gasteiger partial charge in [-0.2, -0.15) is 0 Å². The molecular formula is C19H37IN4O2. The van der Waals surface area contributed by atoms with Crippen LogP contribution in [-0.2, 0) is 4.79 Å². The number of carbonyl (C=O) groups excluding carboxylic acids is 1. The minimum absolute atomic E-state index is 0. The van der Waals surface area contributed by atoms with Gasteiger partial charge in [0.15, 0.2) is 5.96 Å². The Morgan fingerprint density at radius 1 is 1.23 bits per heavy atom. The molecule has 26 heavy (non-hydrogen) atoms. The van der Waals surface area contributed by atoms with E-state index in [1.807, 2.05) is 14.1 Å². The fourth-order valence-electron chi connectivity index (χ4n) is 4.17. The number of aliphatic hydroxyl groups is 1. The molecule has 2 aliphatic carbocycles. The minimum atomic E-state index is -0.247. The molecule has 0 spiro atoms. The summed E-state index contributed by atoms with van der Waals surface area (Å²) in [6.45, 7) is 2.88. The van der Waals surface area contributed by atoms with Crippen LogP contribution in [0.25, 0.3) is 0 Å². The van der Waals surface area contributed by atoms with Crippen molar-refractivity contribution in [1.82, 2.24) is 15.5 Å². The summed E-state index contributed by atoms with van der Waals surface area (Å²) in [4.78, 5) is 18.3. The number of nitrogens with zero attached hydrogens (tertiary/aromatic N) is 2. The number of hydrogen-bond acceptors (Lipinski definition) is 3. The fraction of sp³-hybridized carbons (Fsp3) is 0.895. The van der Waals surface area contributed by atoms with E-state index in [4.69, 9.17) is 0 Å². The largest absolute Gasteiger partial charge is 0.392 e. The van der Waals surface area contributed by atoms with Crippen LogP contribution in [0.4, 0.5) is 0 Å². The second-order valence-electron chi connectivity index (χ2n) is 8.28. The average Bonchev–Trinajstić information content (AvgIpc) is 2.60. The molecule has 2 aliphatic rings. The Morgan fingerprint density at radius 2 is 1.96 bits per heavy atom. The SMILES string of the molecule is CN=C(NCC1(C)CCCCC1O)NC1CCCC(C(=O)N(C)C)C1.I. The monoisotopic (exact) mass is 480 g/mol. The first-order chi connectivity index (χ1) is 11.9. The lowest BCUT2D eigenvalue weighted by atomic mass is 9.73. The molecule has 0 aromatic rings. The number of hydrogen-bond donors (Lipinski definition) is 3. The molecule has 0 aromatic heterocycles.